The van der Waals surface area contributed by atoms with E-state index in [1.807, 2.05) is 48.5 Å². The summed E-state index contributed by atoms with van der Waals surface area (Å²) in [4.78, 5) is 16.6. The molecule has 8 heteroatoms. The molecule has 3 rings (SSSR count). The molecule has 0 aliphatic rings. The number of halogens is 2. The molecule has 3 aromatic rings. The van der Waals surface area contributed by atoms with Gasteiger partial charge in [0.2, 0.25) is 5.82 Å². The molecule has 0 unspecified atom stereocenters. The number of aliphatic hydroxyl groups excluding tert-OH is 1. The van der Waals surface area contributed by atoms with Crippen LogP contribution in [0.25, 0.3) is 17.1 Å². The molecule has 6 nitrogen and oxygen atoms in total. The van der Waals surface area contributed by atoms with Crippen LogP contribution in [0.3, 0.4) is 0 Å². The average Bonchev–Trinajstić information content (AvgIpc) is 3.06. The van der Waals surface area contributed by atoms with Gasteiger partial charge in [-0.15, -0.1) is 5.10 Å². The monoisotopic (exact) mass is 464 g/mol. The summed E-state index contributed by atoms with van der Waals surface area (Å²) in [6.45, 7) is 0.0119. The average molecular weight is 466 g/mol. The number of aromatic nitrogens is 3. The highest BCUT2D eigenvalue weighted by atomic mass is 79.9. The third kappa shape index (κ3) is 4.15. The van der Waals surface area contributed by atoms with Crippen molar-refractivity contribution in [2.24, 2.45) is 0 Å². The van der Waals surface area contributed by atoms with Gasteiger partial charge in [-0.2, -0.15) is 0 Å². The maximum absolute atomic E-state index is 12.2. The Morgan fingerprint density at radius 3 is 2.24 bits per heavy atom. The molecule has 0 bridgehead atoms. The van der Waals surface area contributed by atoms with Crippen LogP contribution >= 0.6 is 31.9 Å². The van der Waals surface area contributed by atoms with E-state index in [0.29, 0.717) is 5.82 Å². The largest absolute Gasteiger partial charge is 0.395 e. The van der Waals surface area contributed by atoms with Crippen molar-refractivity contribution in [1.82, 2.24) is 20.1 Å². The maximum Gasteiger partial charge on any atom is 0.291 e. The molecule has 0 aliphatic carbocycles. The number of carbonyl (C=O) groups excluding carboxylic acids is 1. The SMILES string of the molecule is O=C(NCCO)c1nc(-c2ccc(Br)cc2)n(-c2ccc(Br)cc2)n1. The number of nitrogens with zero attached hydrogens (tertiary/aromatic N) is 3. The Labute approximate surface area is 161 Å². The van der Waals surface area contributed by atoms with Gasteiger partial charge in [0.15, 0.2) is 5.82 Å². The molecule has 1 aromatic heterocycles. The van der Waals surface area contributed by atoms with E-state index < -0.39 is 5.91 Å². The second kappa shape index (κ2) is 7.90. The van der Waals surface area contributed by atoms with Crippen molar-refractivity contribution >= 4 is 37.8 Å². The van der Waals surface area contributed by atoms with Crippen molar-refractivity contribution in [3.63, 3.8) is 0 Å². The summed E-state index contributed by atoms with van der Waals surface area (Å²) in [5.41, 5.74) is 1.62. The molecule has 2 aromatic carbocycles. The van der Waals surface area contributed by atoms with Crippen LogP contribution in [0.2, 0.25) is 0 Å². The first kappa shape index (κ1) is 17.8. The molecule has 25 heavy (non-hydrogen) atoms. The van der Waals surface area contributed by atoms with E-state index in [0.717, 1.165) is 20.2 Å². The molecule has 0 atom stereocenters. The van der Waals surface area contributed by atoms with E-state index in [-0.39, 0.29) is 19.0 Å². The fraction of sp³-hybridized carbons (Fsp3) is 0.118. The third-order valence-electron chi connectivity index (χ3n) is 3.38. The van der Waals surface area contributed by atoms with Crippen LogP contribution in [-0.2, 0) is 0 Å². The van der Waals surface area contributed by atoms with E-state index in [1.165, 1.54) is 0 Å². The number of amides is 1. The van der Waals surface area contributed by atoms with Crippen LogP contribution in [0.4, 0.5) is 0 Å². The lowest BCUT2D eigenvalue weighted by atomic mass is 10.2. The number of benzene rings is 2. The summed E-state index contributed by atoms with van der Waals surface area (Å²) >= 11 is 6.82. The molecule has 0 saturated heterocycles. The summed E-state index contributed by atoms with van der Waals surface area (Å²) in [6.07, 6.45) is 0. The summed E-state index contributed by atoms with van der Waals surface area (Å²) < 4.78 is 3.53. The second-order valence-corrected chi connectivity index (χ2v) is 6.96. The highest BCUT2D eigenvalue weighted by Gasteiger charge is 2.18. The van der Waals surface area contributed by atoms with E-state index in [9.17, 15) is 4.79 Å². The summed E-state index contributed by atoms with van der Waals surface area (Å²) in [5.74, 6) is 0.182. The Bertz CT molecular complexity index is 814. The number of nitrogens with one attached hydrogen (secondary N) is 1. The zero-order valence-corrected chi connectivity index (χ0v) is 16.2. The minimum Gasteiger partial charge on any atom is -0.395 e. The normalized spacial score (nSPS) is 10.7. The predicted molar refractivity (Wildman–Crippen MR) is 102 cm³/mol. The summed E-state index contributed by atoms with van der Waals surface area (Å²) in [5, 5.41) is 15.8. The van der Waals surface area contributed by atoms with Crippen molar-refractivity contribution in [3.8, 4) is 17.1 Å². The molecule has 1 heterocycles. The van der Waals surface area contributed by atoms with Gasteiger partial charge in [0.05, 0.1) is 12.3 Å². The first-order valence-corrected chi connectivity index (χ1v) is 9.05. The van der Waals surface area contributed by atoms with Crippen molar-refractivity contribution in [2.75, 3.05) is 13.2 Å². The van der Waals surface area contributed by atoms with Crippen molar-refractivity contribution < 1.29 is 9.90 Å². The van der Waals surface area contributed by atoms with Crippen LogP contribution in [0, 0.1) is 0 Å². The Morgan fingerprint density at radius 1 is 1.04 bits per heavy atom. The first-order chi connectivity index (χ1) is 12.1. The molecule has 2 N–H and O–H groups in total. The second-order valence-electron chi connectivity index (χ2n) is 5.13. The van der Waals surface area contributed by atoms with E-state index in [2.05, 4.69) is 47.3 Å². The molecular formula is C17H14Br2N4O2. The summed E-state index contributed by atoms with van der Waals surface area (Å²) in [7, 11) is 0. The zero-order valence-electron chi connectivity index (χ0n) is 13.0. The predicted octanol–water partition coefficient (Wildman–Crippen LogP) is 3.18. The van der Waals surface area contributed by atoms with Gasteiger partial charge in [-0.25, -0.2) is 9.67 Å². The molecule has 1 amide bonds. The minimum atomic E-state index is -0.428. The molecule has 0 radical (unpaired) electrons. The van der Waals surface area contributed by atoms with Gasteiger partial charge in [-0.05, 0) is 36.4 Å². The van der Waals surface area contributed by atoms with Crippen LogP contribution < -0.4 is 5.32 Å². The van der Waals surface area contributed by atoms with Crippen LogP contribution in [-0.4, -0.2) is 38.9 Å². The lowest BCUT2D eigenvalue weighted by Gasteiger charge is -2.06. The van der Waals surface area contributed by atoms with Gasteiger partial charge in [-0.3, -0.25) is 4.79 Å². The molecule has 128 valence electrons. The highest BCUT2D eigenvalue weighted by Crippen LogP contribution is 2.24. The number of aliphatic hydroxyl groups is 1. The fourth-order valence-corrected chi connectivity index (χ4v) is 2.73. The van der Waals surface area contributed by atoms with Crippen LogP contribution in [0.15, 0.2) is 57.5 Å². The Morgan fingerprint density at radius 2 is 1.64 bits per heavy atom. The highest BCUT2D eigenvalue weighted by molar-refractivity contribution is 9.10. The lowest BCUT2D eigenvalue weighted by molar-refractivity contribution is 0.0934. The third-order valence-corrected chi connectivity index (χ3v) is 4.44. The Balaban J connectivity index is 2.07. The van der Waals surface area contributed by atoms with Crippen molar-refractivity contribution in [3.05, 3.63) is 63.3 Å². The minimum absolute atomic E-state index is 0.0503. The quantitative estimate of drug-likeness (QED) is 0.606. The Hall–Kier alpha value is -2.03. The zero-order chi connectivity index (χ0) is 17.8. The number of hydrogen-bond acceptors (Lipinski definition) is 4. The standard InChI is InChI=1S/C17H14Br2N4O2/c18-12-3-1-11(2-4-12)16-21-15(17(25)20-9-10-24)22-23(16)14-7-5-13(19)6-8-14/h1-8,24H,9-10H2,(H,20,25). The van der Waals surface area contributed by atoms with Gasteiger partial charge in [0.25, 0.3) is 5.91 Å². The molecule has 0 saturated carbocycles. The summed E-state index contributed by atoms with van der Waals surface area (Å²) in [6, 6.07) is 15.2. The number of hydrogen-bond donors (Lipinski definition) is 2. The van der Waals surface area contributed by atoms with E-state index in [4.69, 9.17) is 5.11 Å². The molecule has 0 spiro atoms. The van der Waals surface area contributed by atoms with Gasteiger partial charge in [0, 0.05) is 21.1 Å². The topological polar surface area (TPSA) is 80.0 Å². The van der Waals surface area contributed by atoms with Crippen LogP contribution in [0.1, 0.15) is 10.6 Å². The van der Waals surface area contributed by atoms with Crippen molar-refractivity contribution in [1.29, 1.82) is 0 Å². The van der Waals surface area contributed by atoms with Gasteiger partial charge in [-0.1, -0.05) is 44.0 Å². The maximum atomic E-state index is 12.2. The van der Waals surface area contributed by atoms with E-state index in [1.54, 1.807) is 4.68 Å². The lowest BCUT2D eigenvalue weighted by Crippen LogP contribution is -2.27. The van der Waals surface area contributed by atoms with E-state index >= 15 is 0 Å². The van der Waals surface area contributed by atoms with Gasteiger partial charge >= 0.3 is 0 Å². The molecular weight excluding hydrogens is 452 g/mol. The van der Waals surface area contributed by atoms with Gasteiger partial charge in [0.1, 0.15) is 0 Å². The van der Waals surface area contributed by atoms with Crippen molar-refractivity contribution in [2.45, 2.75) is 0 Å². The molecule has 0 aliphatic heterocycles. The fourth-order valence-electron chi connectivity index (χ4n) is 2.20. The number of rotatable bonds is 5. The van der Waals surface area contributed by atoms with Crippen LogP contribution in [0.5, 0.6) is 0 Å². The number of carbonyl (C=O) groups is 1. The smallest absolute Gasteiger partial charge is 0.291 e. The Kier molecular flexibility index (Phi) is 5.62. The first-order valence-electron chi connectivity index (χ1n) is 7.46. The molecule has 0 fully saturated rings. The van der Waals surface area contributed by atoms with Gasteiger partial charge < -0.3 is 10.4 Å².